The standard InChI is InChI=1S/C16H17N3O2/c1-9-6-10(2)14(11(3)7-9)19-16(21)12-4-5-13(15(17)20)18-8-12/h4-8H,1-3H3,(H2,17,20)(H,19,21). The van der Waals surface area contributed by atoms with Gasteiger partial charge in [-0.25, -0.2) is 0 Å². The Bertz CT molecular complexity index is 683. The predicted molar refractivity (Wildman–Crippen MR) is 81.4 cm³/mol. The van der Waals surface area contributed by atoms with Crippen LogP contribution in [0.25, 0.3) is 0 Å². The molecular formula is C16H17N3O2. The first-order valence-electron chi connectivity index (χ1n) is 6.53. The number of rotatable bonds is 3. The Morgan fingerprint density at radius 1 is 1.10 bits per heavy atom. The molecule has 0 saturated heterocycles. The summed E-state index contributed by atoms with van der Waals surface area (Å²) in [6.45, 7) is 5.91. The van der Waals surface area contributed by atoms with E-state index in [0.29, 0.717) is 5.56 Å². The number of nitrogens with one attached hydrogen (secondary N) is 1. The fourth-order valence-corrected chi connectivity index (χ4v) is 2.24. The number of aromatic nitrogens is 1. The topological polar surface area (TPSA) is 85.1 Å². The zero-order valence-electron chi connectivity index (χ0n) is 12.2. The van der Waals surface area contributed by atoms with Crippen molar-refractivity contribution in [3.63, 3.8) is 0 Å². The van der Waals surface area contributed by atoms with Crippen LogP contribution in [0.4, 0.5) is 5.69 Å². The van der Waals surface area contributed by atoms with E-state index in [1.54, 1.807) is 0 Å². The second-order valence-electron chi connectivity index (χ2n) is 5.02. The maximum atomic E-state index is 12.2. The number of hydrogen-bond acceptors (Lipinski definition) is 3. The van der Waals surface area contributed by atoms with Crippen LogP contribution < -0.4 is 11.1 Å². The van der Waals surface area contributed by atoms with Crippen molar-refractivity contribution in [1.82, 2.24) is 4.98 Å². The van der Waals surface area contributed by atoms with Crippen molar-refractivity contribution in [3.8, 4) is 0 Å². The average Bonchev–Trinajstić information content (AvgIpc) is 2.42. The highest BCUT2D eigenvalue weighted by Gasteiger charge is 2.11. The summed E-state index contributed by atoms with van der Waals surface area (Å²) in [5.41, 5.74) is 9.57. The Balaban J connectivity index is 2.24. The lowest BCUT2D eigenvalue weighted by Crippen LogP contribution is -2.16. The summed E-state index contributed by atoms with van der Waals surface area (Å²) in [7, 11) is 0. The second kappa shape index (κ2) is 5.75. The van der Waals surface area contributed by atoms with Crippen LogP contribution in [-0.4, -0.2) is 16.8 Å². The minimum atomic E-state index is -0.618. The lowest BCUT2D eigenvalue weighted by atomic mass is 10.0. The largest absolute Gasteiger partial charge is 0.364 e. The molecule has 0 aliphatic carbocycles. The molecule has 0 atom stereocenters. The van der Waals surface area contributed by atoms with Crippen molar-refractivity contribution in [3.05, 3.63) is 58.4 Å². The van der Waals surface area contributed by atoms with Gasteiger partial charge in [-0.2, -0.15) is 0 Å². The highest BCUT2D eigenvalue weighted by molar-refractivity contribution is 6.05. The third-order valence-electron chi connectivity index (χ3n) is 3.19. The van der Waals surface area contributed by atoms with E-state index in [0.717, 1.165) is 22.4 Å². The minimum Gasteiger partial charge on any atom is -0.364 e. The monoisotopic (exact) mass is 283 g/mol. The van der Waals surface area contributed by atoms with Gasteiger partial charge in [0.25, 0.3) is 11.8 Å². The fourth-order valence-electron chi connectivity index (χ4n) is 2.24. The van der Waals surface area contributed by atoms with Gasteiger partial charge in [-0.3, -0.25) is 14.6 Å². The summed E-state index contributed by atoms with van der Waals surface area (Å²) in [6.07, 6.45) is 1.34. The smallest absolute Gasteiger partial charge is 0.267 e. The van der Waals surface area contributed by atoms with Gasteiger partial charge in [0.2, 0.25) is 0 Å². The number of nitrogens with two attached hydrogens (primary N) is 1. The highest BCUT2D eigenvalue weighted by Crippen LogP contribution is 2.22. The van der Waals surface area contributed by atoms with Gasteiger partial charge in [0, 0.05) is 11.9 Å². The van der Waals surface area contributed by atoms with E-state index in [1.165, 1.54) is 18.3 Å². The van der Waals surface area contributed by atoms with Crippen molar-refractivity contribution in [2.75, 3.05) is 5.32 Å². The van der Waals surface area contributed by atoms with Crippen LogP contribution in [0.5, 0.6) is 0 Å². The molecule has 0 aliphatic heterocycles. The molecule has 5 nitrogen and oxygen atoms in total. The molecule has 5 heteroatoms. The zero-order valence-corrected chi connectivity index (χ0v) is 12.2. The fraction of sp³-hybridized carbons (Fsp3) is 0.188. The number of carbonyl (C=O) groups excluding carboxylic acids is 2. The van der Waals surface area contributed by atoms with Gasteiger partial charge in [-0.05, 0) is 44.0 Å². The number of anilines is 1. The number of aryl methyl sites for hydroxylation is 3. The molecule has 0 saturated carbocycles. The van der Waals surface area contributed by atoms with E-state index in [4.69, 9.17) is 5.73 Å². The van der Waals surface area contributed by atoms with Gasteiger partial charge in [0.05, 0.1) is 5.56 Å². The van der Waals surface area contributed by atoms with Crippen LogP contribution in [0.1, 0.15) is 37.5 Å². The molecule has 0 fully saturated rings. The van der Waals surface area contributed by atoms with Crippen molar-refractivity contribution >= 4 is 17.5 Å². The third kappa shape index (κ3) is 3.25. The quantitative estimate of drug-likeness (QED) is 0.906. The maximum Gasteiger partial charge on any atom is 0.267 e. The Morgan fingerprint density at radius 2 is 1.71 bits per heavy atom. The van der Waals surface area contributed by atoms with Crippen LogP contribution in [0.15, 0.2) is 30.5 Å². The number of nitrogens with zero attached hydrogens (tertiary/aromatic N) is 1. The van der Waals surface area contributed by atoms with Gasteiger partial charge in [-0.1, -0.05) is 17.7 Å². The predicted octanol–water partition coefficient (Wildman–Crippen LogP) is 2.36. The number of primary amides is 1. The molecule has 0 aliphatic rings. The summed E-state index contributed by atoms with van der Waals surface area (Å²) in [6, 6.07) is 6.99. The van der Waals surface area contributed by atoms with Crippen molar-refractivity contribution in [2.24, 2.45) is 5.73 Å². The van der Waals surface area contributed by atoms with Crippen LogP contribution in [0.3, 0.4) is 0 Å². The Hall–Kier alpha value is -2.69. The summed E-state index contributed by atoms with van der Waals surface area (Å²) < 4.78 is 0. The Morgan fingerprint density at radius 3 is 2.19 bits per heavy atom. The molecule has 0 radical (unpaired) electrons. The lowest BCUT2D eigenvalue weighted by Gasteiger charge is -2.12. The summed E-state index contributed by atoms with van der Waals surface area (Å²) in [4.78, 5) is 27.0. The Labute approximate surface area is 123 Å². The van der Waals surface area contributed by atoms with Gasteiger partial charge in [-0.15, -0.1) is 0 Å². The first-order valence-corrected chi connectivity index (χ1v) is 6.53. The van der Waals surface area contributed by atoms with E-state index in [2.05, 4.69) is 10.3 Å². The van der Waals surface area contributed by atoms with Gasteiger partial charge in [0.15, 0.2) is 0 Å². The molecule has 2 amide bonds. The molecule has 2 rings (SSSR count). The second-order valence-corrected chi connectivity index (χ2v) is 5.02. The van der Waals surface area contributed by atoms with Crippen molar-refractivity contribution in [2.45, 2.75) is 20.8 Å². The summed E-state index contributed by atoms with van der Waals surface area (Å²) >= 11 is 0. The van der Waals surface area contributed by atoms with E-state index in [1.807, 2.05) is 32.9 Å². The van der Waals surface area contributed by atoms with E-state index in [9.17, 15) is 9.59 Å². The molecule has 1 heterocycles. The molecule has 0 unspecified atom stereocenters. The molecule has 0 spiro atoms. The number of carbonyl (C=O) groups is 2. The Kier molecular flexibility index (Phi) is 4.03. The zero-order chi connectivity index (χ0) is 15.6. The average molecular weight is 283 g/mol. The van der Waals surface area contributed by atoms with Crippen LogP contribution in [-0.2, 0) is 0 Å². The van der Waals surface area contributed by atoms with Crippen LogP contribution >= 0.6 is 0 Å². The SMILES string of the molecule is Cc1cc(C)c(NC(=O)c2ccc(C(N)=O)nc2)c(C)c1. The van der Waals surface area contributed by atoms with Gasteiger partial charge in [0.1, 0.15) is 5.69 Å². The van der Waals surface area contributed by atoms with Crippen LogP contribution in [0, 0.1) is 20.8 Å². The first-order chi connectivity index (χ1) is 9.88. The van der Waals surface area contributed by atoms with E-state index < -0.39 is 5.91 Å². The van der Waals surface area contributed by atoms with Gasteiger partial charge >= 0.3 is 0 Å². The number of amides is 2. The van der Waals surface area contributed by atoms with Crippen molar-refractivity contribution in [1.29, 1.82) is 0 Å². The van der Waals surface area contributed by atoms with Gasteiger partial charge < -0.3 is 11.1 Å². The molecule has 21 heavy (non-hydrogen) atoms. The van der Waals surface area contributed by atoms with E-state index >= 15 is 0 Å². The highest BCUT2D eigenvalue weighted by atomic mass is 16.2. The molecular weight excluding hydrogens is 266 g/mol. The number of hydrogen-bond donors (Lipinski definition) is 2. The molecule has 108 valence electrons. The molecule has 1 aromatic carbocycles. The maximum absolute atomic E-state index is 12.2. The molecule has 3 N–H and O–H groups in total. The van der Waals surface area contributed by atoms with E-state index in [-0.39, 0.29) is 11.6 Å². The number of pyridine rings is 1. The molecule has 1 aromatic heterocycles. The normalized spacial score (nSPS) is 10.2. The van der Waals surface area contributed by atoms with Crippen LogP contribution in [0.2, 0.25) is 0 Å². The molecule has 2 aromatic rings. The lowest BCUT2D eigenvalue weighted by molar-refractivity contribution is 0.0990. The summed E-state index contributed by atoms with van der Waals surface area (Å²) in [5, 5.41) is 2.88. The van der Waals surface area contributed by atoms with Crippen molar-refractivity contribution < 1.29 is 9.59 Å². The molecule has 0 bridgehead atoms. The number of benzene rings is 1. The minimum absolute atomic E-state index is 0.134. The summed E-state index contributed by atoms with van der Waals surface area (Å²) in [5.74, 6) is -0.888. The third-order valence-corrected chi connectivity index (χ3v) is 3.19. The first kappa shape index (κ1) is 14.7.